The summed E-state index contributed by atoms with van der Waals surface area (Å²) >= 11 is 1.53. The van der Waals surface area contributed by atoms with Crippen molar-refractivity contribution in [2.75, 3.05) is 0 Å². The van der Waals surface area contributed by atoms with Crippen LogP contribution in [0.25, 0.3) is 0 Å². The first-order chi connectivity index (χ1) is 8.54. The molecule has 0 fully saturated rings. The number of terminal acetylenes is 1. The van der Waals surface area contributed by atoms with E-state index in [0.717, 1.165) is 5.56 Å². The molecule has 0 aliphatic carbocycles. The number of carbonyl (C=O) groups is 2. The number of rotatable bonds is 5. The first-order valence-corrected chi connectivity index (χ1v) is 6.24. The molecule has 0 aliphatic heterocycles. The lowest BCUT2D eigenvalue weighted by molar-refractivity contribution is -0.139. The van der Waals surface area contributed by atoms with Crippen molar-refractivity contribution in [3.8, 4) is 12.3 Å². The molecule has 5 nitrogen and oxygen atoms in total. The van der Waals surface area contributed by atoms with Crippen LogP contribution in [-0.2, 0) is 4.79 Å². The van der Waals surface area contributed by atoms with E-state index in [4.69, 9.17) is 11.5 Å². The molecule has 1 aromatic heterocycles. The number of aliphatic carboxylic acids is 1. The van der Waals surface area contributed by atoms with E-state index in [1.54, 1.807) is 0 Å². The van der Waals surface area contributed by atoms with Crippen LogP contribution >= 0.6 is 11.3 Å². The minimum atomic E-state index is -1.15. The van der Waals surface area contributed by atoms with Gasteiger partial charge in [0.15, 0.2) is 0 Å². The van der Waals surface area contributed by atoms with Crippen molar-refractivity contribution >= 4 is 23.3 Å². The Morgan fingerprint density at radius 1 is 1.56 bits per heavy atom. The summed E-state index contributed by atoms with van der Waals surface area (Å²) in [7, 11) is 0. The van der Waals surface area contributed by atoms with Crippen molar-refractivity contribution in [1.29, 1.82) is 0 Å². The summed E-state index contributed by atoms with van der Waals surface area (Å²) in [6.45, 7) is 1.82. The Labute approximate surface area is 109 Å². The number of carbonyl (C=O) groups excluding carboxylic acids is 1. The average Bonchev–Trinajstić information content (AvgIpc) is 2.81. The molecule has 1 rings (SSSR count). The van der Waals surface area contributed by atoms with Gasteiger partial charge >= 0.3 is 12.0 Å². The van der Waals surface area contributed by atoms with Crippen molar-refractivity contribution in [2.24, 2.45) is 0 Å². The Morgan fingerprint density at radius 3 is 2.78 bits per heavy atom. The average molecular weight is 266 g/mol. The molecular weight excluding hydrogens is 252 g/mol. The van der Waals surface area contributed by atoms with Crippen LogP contribution < -0.4 is 10.6 Å². The molecule has 6 heteroatoms. The van der Waals surface area contributed by atoms with Gasteiger partial charge in [-0.3, -0.25) is 0 Å². The summed E-state index contributed by atoms with van der Waals surface area (Å²) < 4.78 is 0. The second kappa shape index (κ2) is 6.67. The largest absolute Gasteiger partial charge is 0.480 e. The van der Waals surface area contributed by atoms with E-state index in [2.05, 4.69) is 16.6 Å². The van der Waals surface area contributed by atoms with Gasteiger partial charge in [-0.1, -0.05) is 0 Å². The van der Waals surface area contributed by atoms with Crippen LogP contribution in [0.5, 0.6) is 0 Å². The van der Waals surface area contributed by atoms with Crippen molar-refractivity contribution in [2.45, 2.75) is 25.4 Å². The Bertz CT molecular complexity index is 450. The molecule has 0 bridgehead atoms. The maximum Gasteiger partial charge on any atom is 0.327 e. The second-order valence-electron chi connectivity index (χ2n) is 3.70. The normalized spacial score (nSPS) is 13.1. The number of nitrogens with one attached hydrogen (secondary N) is 2. The fourth-order valence-electron chi connectivity index (χ4n) is 1.32. The zero-order valence-electron chi connectivity index (χ0n) is 9.84. The van der Waals surface area contributed by atoms with E-state index in [0.29, 0.717) is 0 Å². The fourth-order valence-corrected chi connectivity index (χ4v) is 2.07. The number of carboxylic acids is 1. The maximum absolute atomic E-state index is 11.6. The number of amides is 2. The summed E-state index contributed by atoms with van der Waals surface area (Å²) in [5, 5.41) is 17.6. The molecule has 2 atom stereocenters. The SMILES string of the molecule is C#CCC(NC(=O)NC(C)c1ccsc1)C(=O)O. The summed E-state index contributed by atoms with van der Waals surface area (Å²) in [6.07, 6.45) is 4.99. The fraction of sp³-hybridized carbons (Fsp3) is 0.333. The van der Waals surface area contributed by atoms with Crippen molar-refractivity contribution < 1.29 is 14.7 Å². The van der Waals surface area contributed by atoms with Crippen LogP contribution in [0.2, 0.25) is 0 Å². The number of hydrogen-bond acceptors (Lipinski definition) is 3. The molecular formula is C12H14N2O3S. The van der Waals surface area contributed by atoms with Crippen LogP contribution in [0.4, 0.5) is 4.79 Å². The Morgan fingerprint density at radius 2 is 2.28 bits per heavy atom. The third-order valence-electron chi connectivity index (χ3n) is 2.32. The van der Waals surface area contributed by atoms with Gasteiger partial charge in [-0.25, -0.2) is 9.59 Å². The molecule has 0 aromatic carbocycles. The van der Waals surface area contributed by atoms with Crippen LogP contribution in [-0.4, -0.2) is 23.1 Å². The lowest BCUT2D eigenvalue weighted by atomic mass is 10.2. The molecule has 0 spiro atoms. The highest BCUT2D eigenvalue weighted by atomic mass is 32.1. The minimum Gasteiger partial charge on any atom is -0.480 e. The molecule has 0 saturated carbocycles. The van der Waals surface area contributed by atoms with Crippen LogP contribution in [0.1, 0.15) is 24.9 Å². The van der Waals surface area contributed by atoms with Gasteiger partial charge in [0.2, 0.25) is 0 Å². The van der Waals surface area contributed by atoms with Crippen LogP contribution in [0.15, 0.2) is 16.8 Å². The molecule has 0 aliphatic rings. The number of carboxylic acid groups (broad SMARTS) is 1. The topological polar surface area (TPSA) is 78.4 Å². The van der Waals surface area contributed by atoms with E-state index in [-0.39, 0.29) is 12.5 Å². The highest BCUT2D eigenvalue weighted by molar-refractivity contribution is 7.07. The van der Waals surface area contributed by atoms with E-state index >= 15 is 0 Å². The van der Waals surface area contributed by atoms with Crippen molar-refractivity contribution in [3.63, 3.8) is 0 Å². The van der Waals surface area contributed by atoms with Crippen molar-refractivity contribution in [1.82, 2.24) is 10.6 Å². The van der Waals surface area contributed by atoms with Gasteiger partial charge < -0.3 is 15.7 Å². The molecule has 3 N–H and O–H groups in total. The third kappa shape index (κ3) is 4.11. The van der Waals surface area contributed by atoms with E-state index in [1.807, 2.05) is 23.8 Å². The molecule has 1 heterocycles. The van der Waals surface area contributed by atoms with E-state index in [1.165, 1.54) is 11.3 Å². The quantitative estimate of drug-likeness (QED) is 0.708. The Balaban J connectivity index is 2.50. The van der Waals surface area contributed by atoms with Crippen molar-refractivity contribution in [3.05, 3.63) is 22.4 Å². The molecule has 2 unspecified atom stereocenters. The smallest absolute Gasteiger partial charge is 0.327 e. The molecule has 96 valence electrons. The lowest BCUT2D eigenvalue weighted by Gasteiger charge is -2.16. The van der Waals surface area contributed by atoms with E-state index < -0.39 is 18.0 Å². The zero-order valence-corrected chi connectivity index (χ0v) is 10.7. The second-order valence-corrected chi connectivity index (χ2v) is 4.48. The van der Waals surface area contributed by atoms with Gasteiger partial charge in [0.1, 0.15) is 6.04 Å². The number of thiophene rings is 1. The first kappa shape index (κ1) is 14.1. The highest BCUT2D eigenvalue weighted by Crippen LogP contribution is 2.15. The predicted octanol–water partition coefficient (Wildman–Crippen LogP) is 1.58. The highest BCUT2D eigenvalue weighted by Gasteiger charge is 2.19. The lowest BCUT2D eigenvalue weighted by Crippen LogP contribution is -2.46. The van der Waals surface area contributed by atoms with Gasteiger partial charge in [0.05, 0.1) is 6.04 Å². The standard InChI is InChI=1S/C12H14N2O3S/c1-3-4-10(11(15)16)14-12(17)13-8(2)9-5-6-18-7-9/h1,5-8,10H,4H2,2H3,(H,15,16)(H2,13,14,17). The van der Waals surface area contributed by atoms with Gasteiger partial charge in [-0.2, -0.15) is 11.3 Å². The Kier molecular flexibility index (Phi) is 5.21. The summed E-state index contributed by atoms with van der Waals surface area (Å²) in [6, 6.07) is 0.101. The zero-order chi connectivity index (χ0) is 13.5. The van der Waals surface area contributed by atoms with E-state index in [9.17, 15) is 9.59 Å². The predicted molar refractivity (Wildman–Crippen MR) is 69.3 cm³/mol. The number of urea groups is 1. The summed E-state index contributed by atoms with van der Waals surface area (Å²) in [5.74, 6) is 1.07. The molecule has 18 heavy (non-hydrogen) atoms. The van der Waals surface area contributed by atoms with Gasteiger partial charge in [0, 0.05) is 6.42 Å². The van der Waals surface area contributed by atoms with Crippen LogP contribution in [0, 0.1) is 12.3 Å². The number of hydrogen-bond donors (Lipinski definition) is 3. The Hall–Kier alpha value is -2.00. The van der Waals surface area contributed by atoms with Gasteiger partial charge in [0.25, 0.3) is 0 Å². The first-order valence-electron chi connectivity index (χ1n) is 5.30. The molecule has 1 aromatic rings. The summed E-state index contributed by atoms with van der Waals surface area (Å²) in [4.78, 5) is 22.4. The molecule has 0 radical (unpaired) electrons. The van der Waals surface area contributed by atoms with Gasteiger partial charge in [-0.05, 0) is 29.3 Å². The molecule has 2 amide bonds. The van der Waals surface area contributed by atoms with Gasteiger partial charge in [-0.15, -0.1) is 12.3 Å². The monoisotopic (exact) mass is 266 g/mol. The maximum atomic E-state index is 11.6. The minimum absolute atomic E-state index is 0.0460. The summed E-state index contributed by atoms with van der Waals surface area (Å²) in [5.41, 5.74) is 0.971. The third-order valence-corrected chi connectivity index (χ3v) is 3.02. The van der Waals surface area contributed by atoms with Crippen LogP contribution in [0.3, 0.4) is 0 Å². The molecule has 0 saturated heterocycles.